The number of benzene rings is 2. The summed E-state index contributed by atoms with van der Waals surface area (Å²) in [6, 6.07) is 14.2. The zero-order valence-electron chi connectivity index (χ0n) is 13.8. The summed E-state index contributed by atoms with van der Waals surface area (Å²) in [4.78, 5) is 12.3. The van der Waals surface area contributed by atoms with Gasteiger partial charge in [-0.05, 0) is 43.3 Å². The molecule has 2 aromatic carbocycles. The molecule has 0 spiro atoms. The Morgan fingerprint density at radius 3 is 2.60 bits per heavy atom. The number of nitrogens with one attached hydrogen (secondary N) is 2. The van der Waals surface area contributed by atoms with Crippen molar-refractivity contribution in [3.63, 3.8) is 0 Å². The van der Waals surface area contributed by atoms with Crippen LogP contribution in [0.2, 0.25) is 0 Å². The lowest BCUT2D eigenvalue weighted by atomic mass is 10.3. The van der Waals surface area contributed by atoms with Crippen molar-refractivity contribution in [2.45, 2.75) is 6.92 Å². The molecule has 7 heteroatoms. The maximum atomic E-state index is 13.1. The molecule has 25 heavy (non-hydrogen) atoms. The Labute approximate surface area is 144 Å². The summed E-state index contributed by atoms with van der Waals surface area (Å²) >= 11 is 0. The molecule has 0 aliphatic heterocycles. The molecule has 3 aromatic rings. The fraction of sp³-hybridized carbons (Fsp3) is 0.111. The van der Waals surface area contributed by atoms with E-state index in [1.807, 2.05) is 6.92 Å². The monoisotopic (exact) mass is 340 g/mol. The summed E-state index contributed by atoms with van der Waals surface area (Å²) in [6.45, 7) is 1.81. The molecule has 0 bridgehead atoms. The molecule has 1 heterocycles. The van der Waals surface area contributed by atoms with Crippen LogP contribution in [-0.4, -0.2) is 22.9 Å². The first-order valence-corrected chi connectivity index (χ1v) is 7.60. The van der Waals surface area contributed by atoms with Crippen molar-refractivity contribution in [2.75, 3.05) is 17.7 Å². The number of ether oxygens (including phenoxy) is 1. The lowest BCUT2D eigenvalue weighted by Crippen LogP contribution is -2.21. The van der Waals surface area contributed by atoms with Gasteiger partial charge in [0.1, 0.15) is 17.4 Å². The van der Waals surface area contributed by atoms with Crippen LogP contribution in [0.1, 0.15) is 5.69 Å². The molecular weight excluding hydrogens is 323 g/mol. The number of carbonyl (C=O) groups is 1. The van der Waals surface area contributed by atoms with Crippen molar-refractivity contribution in [3.8, 4) is 11.4 Å². The Morgan fingerprint density at radius 2 is 1.88 bits per heavy atom. The minimum Gasteiger partial charge on any atom is -0.497 e. The normalized spacial score (nSPS) is 10.4. The van der Waals surface area contributed by atoms with Gasteiger partial charge in [0.15, 0.2) is 0 Å². The van der Waals surface area contributed by atoms with Gasteiger partial charge in [0, 0.05) is 17.8 Å². The van der Waals surface area contributed by atoms with Crippen LogP contribution in [0.15, 0.2) is 54.6 Å². The third-order valence-corrected chi connectivity index (χ3v) is 3.47. The smallest absolute Gasteiger partial charge is 0.324 e. The van der Waals surface area contributed by atoms with Crippen LogP contribution in [0, 0.1) is 12.7 Å². The van der Waals surface area contributed by atoms with Gasteiger partial charge in [0.25, 0.3) is 0 Å². The lowest BCUT2D eigenvalue weighted by Gasteiger charge is -2.10. The zero-order valence-corrected chi connectivity index (χ0v) is 13.8. The molecule has 0 saturated carbocycles. The third kappa shape index (κ3) is 3.95. The number of aryl methyl sites for hydroxylation is 1. The predicted octanol–water partition coefficient (Wildman–Crippen LogP) is 3.97. The first-order chi connectivity index (χ1) is 12.0. The number of carbonyl (C=O) groups excluding carboxylic acids is 1. The highest BCUT2D eigenvalue weighted by Crippen LogP contribution is 2.19. The van der Waals surface area contributed by atoms with E-state index >= 15 is 0 Å². The molecule has 2 N–H and O–H groups in total. The van der Waals surface area contributed by atoms with E-state index in [1.54, 1.807) is 54.3 Å². The SMILES string of the molecule is COc1cccc(NC(=O)Nc2cc(C)nn2-c2ccc(F)cc2)c1. The fourth-order valence-corrected chi connectivity index (χ4v) is 2.35. The van der Waals surface area contributed by atoms with Crippen molar-refractivity contribution in [1.82, 2.24) is 9.78 Å². The summed E-state index contributed by atoms with van der Waals surface area (Å²) in [5.41, 5.74) is 1.97. The van der Waals surface area contributed by atoms with Gasteiger partial charge in [-0.1, -0.05) is 6.07 Å². The molecular formula is C18H17FN4O2. The first kappa shape index (κ1) is 16.5. The van der Waals surface area contributed by atoms with Crippen molar-refractivity contribution >= 4 is 17.5 Å². The summed E-state index contributed by atoms with van der Waals surface area (Å²) in [5, 5.41) is 9.81. The van der Waals surface area contributed by atoms with Crippen molar-refractivity contribution in [2.24, 2.45) is 0 Å². The highest BCUT2D eigenvalue weighted by Gasteiger charge is 2.11. The molecule has 0 aliphatic carbocycles. The number of methoxy groups -OCH3 is 1. The molecule has 2 amide bonds. The molecule has 0 radical (unpaired) electrons. The molecule has 0 fully saturated rings. The Balaban J connectivity index is 1.78. The minimum atomic E-state index is -0.420. The number of urea groups is 1. The van der Waals surface area contributed by atoms with E-state index < -0.39 is 6.03 Å². The molecule has 0 saturated heterocycles. The average Bonchev–Trinajstić information content (AvgIpc) is 2.95. The lowest BCUT2D eigenvalue weighted by molar-refractivity contribution is 0.262. The second-order valence-corrected chi connectivity index (χ2v) is 5.37. The van der Waals surface area contributed by atoms with Gasteiger partial charge in [-0.2, -0.15) is 5.10 Å². The van der Waals surface area contributed by atoms with Gasteiger partial charge < -0.3 is 10.1 Å². The van der Waals surface area contributed by atoms with E-state index in [0.29, 0.717) is 22.9 Å². The standard InChI is InChI=1S/C18H17FN4O2/c1-12-10-17(23(22-12)15-8-6-13(19)7-9-15)21-18(24)20-14-4-3-5-16(11-14)25-2/h3-11H,1-2H3,(H2,20,21,24). The van der Waals surface area contributed by atoms with E-state index in [0.717, 1.165) is 5.69 Å². The highest BCUT2D eigenvalue weighted by molar-refractivity contribution is 5.99. The Morgan fingerprint density at radius 1 is 1.12 bits per heavy atom. The van der Waals surface area contributed by atoms with Crippen LogP contribution >= 0.6 is 0 Å². The van der Waals surface area contributed by atoms with Crippen LogP contribution in [0.3, 0.4) is 0 Å². The summed E-state index contributed by atoms with van der Waals surface area (Å²) in [5.74, 6) is 0.785. The van der Waals surface area contributed by atoms with Crippen LogP contribution in [0.4, 0.5) is 20.7 Å². The molecule has 1 aromatic heterocycles. The van der Waals surface area contributed by atoms with Crippen LogP contribution in [-0.2, 0) is 0 Å². The Kier molecular flexibility index (Phi) is 4.65. The maximum Gasteiger partial charge on any atom is 0.324 e. The van der Waals surface area contributed by atoms with Gasteiger partial charge in [-0.3, -0.25) is 5.32 Å². The van der Waals surface area contributed by atoms with Crippen molar-refractivity contribution in [1.29, 1.82) is 0 Å². The minimum absolute atomic E-state index is 0.335. The van der Waals surface area contributed by atoms with Crippen LogP contribution in [0.5, 0.6) is 5.75 Å². The van der Waals surface area contributed by atoms with Crippen molar-refractivity contribution < 1.29 is 13.9 Å². The van der Waals surface area contributed by atoms with E-state index in [1.165, 1.54) is 12.1 Å². The first-order valence-electron chi connectivity index (χ1n) is 7.60. The van der Waals surface area contributed by atoms with Gasteiger partial charge in [0.05, 0.1) is 18.5 Å². The number of amides is 2. The quantitative estimate of drug-likeness (QED) is 0.755. The maximum absolute atomic E-state index is 13.1. The highest BCUT2D eigenvalue weighted by atomic mass is 19.1. The van der Waals surface area contributed by atoms with E-state index in [9.17, 15) is 9.18 Å². The number of hydrogen-bond donors (Lipinski definition) is 2. The number of anilines is 2. The van der Waals surface area contributed by atoms with Gasteiger partial charge in [-0.25, -0.2) is 13.9 Å². The zero-order chi connectivity index (χ0) is 17.8. The third-order valence-electron chi connectivity index (χ3n) is 3.47. The second kappa shape index (κ2) is 7.04. The number of nitrogens with zero attached hydrogens (tertiary/aromatic N) is 2. The molecule has 128 valence electrons. The number of halogens is 1. The fourth-order valence-electron chi connectivity index (χ4n) is 2.35. The average molecular weight is 340 g/mol. The van der Waals surface area contributed by atoms with Gasteiger partial charge in [0.2, 0.25) is 0 Å². The van der Waals surface area contributed by atoms with Crippen LogP contribution < -0.4 is 15.4 Å². The van der Waals surface area contributed by atoms with E-state index in [4.69, 9.17) is 4.74 Å². The number of aromatic nitrogens is 2. The Hall–Kier alpha value is -3.35. The summed E-state index contributed by atoms with van der Waals surface area (Å²) in [6.07, 6.45) is 0. The summed E-state index contributed by atoms with van der Waals surface area (Å²) < 4.78 is 19.8. The second-order valence-electron chi connectivity index (χ2n) is 5.37. The van der Waals surface area contributed by atoms with E-state index in [-0.39, 0.29) is 5.82 Å². The predicted molar refractivity (Wildman–Crippen MR) is 93.9 cm³/mol. The Bertz CT molecular complexity index is 890. The van der Waals surface area contributed by atoms with Gasteiger partial charge >= 0.3 is 6.03 Å². The molecule has 0 aliphatic rings. The number of hydrogen-bond acceptors (Lipinski definition) is 3. The molecule has 0 unspecified atom stereocenters. The molecule has 3 rings (SSSR count). The van der Waals surface area contributed by atoms with Crippen molar-refractivity contribution in [3.05, 3.63) is 66.1 Å². The molecule has 6 nitrogen and oxygen atoms in total. The van der Waals surface area contributed by atoms with Crippen LogP contribution in [0.25, 0.3) is 5.69 Å². The number of rotatable bonds is 4. The molecule has 0 atom stereocenters. The topological polar surface area (TPSA) is 68.2 Å². The van der Waals surface area contributed by atoms with E-state index in [2.05, 4.69) is 15.7 Å². The van der Waals surface area contributed by atoms with Gasteiger partial charge in [-0.15, -0.1) is 0 Å². The summed E-state index contributed by atoms with van der Waals surface area (Å²) in [7, 11) is 1.56. The largest absolute Gasteiger partial charge is 0.497 e.